The SMILES string of the molecule is CCOCCCNC(=O)c1cc(S(=O)(=O)N2CCN(C)CC2)ccc1Cl. The molecule has 1 aliphatic rings. The lowest BCUT2D eigenvalue weighted by Crippen LogP contribution is -2.47. The van der Waals surface area contributed by atoms with Gasteiger partial charge in [0.2, 0.25) is 10.0 Å². The highest BCUT2D eigenvalue weighted by Gasteiger charge is 2.28. The van der Waals surface area contributed by atoms with Gasteiger partial charge in [-0.3, -0.25) is 4.79 Å². The van der Waals surface area contributed by atoms with Gasteiger partial charge < -0.3 is 15.0 Å². The number of nitrogens with one attached hydrogen (secondary N) is 1. The summed E-state index contributed by atoms with van der Waals surface area (Å²) in [5.41, 5.74) is 0.165. The molecule has 1 amide bonds. The number of hydrogen-bond acceptors (Lipinski definition) is 5. The Bertz CT molecular complexity index is 719. The van der Waals surface area contributed by atoms with Crippen molar-refractivity contribution in [3.63, 3.8) is 0 Å². The van der Waals surface area contributed by atoms with E-state index in [1.165, 1.54) is 22.5 Å². The number of piperazine rings is 1. The summed E-state index contributed by atoms with van der Waals surface area (Å²) in [5.74, 6) is -0.387. The summed E-state index contributed by atoms with van der Waals surface area (Å²) in [5, 5.41) is 2.97. The van der Waals surface area contributed by atoms with E-state index in [0.717, 1.165) is 0 Å². The summed E-state index contributed by atoms with van der Waals surface area (Å²) >= 11 is 6.11. The molecule has 0 saturated carbocycles. The molecule has 0 unspecified atom stereocenters. The summed E-state index contributed by atoms with van der Waals surface area (Å²) in [6, 6.07) is 4.26. The molecular weight excluding hydrogens is 378 g/mol. The van der Waals surface area contributed by atoms with Crippen LogP contribution in [0.25, 0.3) is 0 Å². The number of hydrogen-bond donors (Lipinski definition) is 1. The van der Waals surface area contributed by atoms with E-state index in [9.17, 15) is 13.2 Å². The van der Waals surface area contributed by atoms with Crippen LogP contribution in [0.3, 0.4) is 0 Å². The molecule has 1 aromatic carbocycles. The zero-order valence-corrected chi connectivity index (χ0v) is 16.8. The van der Waals surface area contributed by atoms with Crippen LogP contribution in [0.4, 0.5) is 0 Å². The summed E-state index contributed by atoms with van der Waals surface area (Å²) in [6.07, 6.45) is 0.677. The Balaban J connectivity index is 2.09. The third kappa shape index (κ3) is 5.40. The first-order chi connectivity index (χ1) is 12.4. The number of benzene rings is 1. The van der Waals surface area contributed by atoms with Crippen LogP contribution in [-0.2, 0) is 14.8 Å². The maximum absolute atomic E-state index is 12.8. The van der Waals surface area contributed by atoms with E-state index in [-0.39, 0.29) is 21.4 Å². The molecule has 2 rings (SSSR count). The molecule has 0 radical (unpaired) electrons. The zero-order valence-electron chi connectivity index (χ0n) is 15.2. The molecule has 9 heteroatoms. The highest BCUT2D eigenvalue weighted by molar-refractivity contribution is 7.89. The lowest BCUT2D eigenvalue weighted by Gasteiger charge is -2.31. The van der Waals surface area contributed by atoms with Gasteiger partial charge in [-0.25, -0.2) is 8.42 Å². The summed E-state index contributed by atoms with van der Waals surface area (Å²) in [6.45, 7) is 5.75. The number of sulfonamides is 1. The predicted octanol–water partition coefficient (Wildman–Crippen LogP) is 1.43. The minimum atomic E-state index is -3.64. The van der Waals surface area contributed by atoms with Crippen molar-refractivity contribution in [2.45, 2.75) is 18.2 Å². The molecule has 1 fully saturated rings. The molecule has 0 aromatic heterocycles. The molecule has 7 nitrogen and oxygen atoms in total. The Morgan fingerprint density at radius 3 is 2.62 bits per heavy atom. The largest absolute Gasteiger partial charge is 0.382 e. The van der Waals surface area contributed by atoms with Crippen molar-refractivity contribution in [2.24, 2.45) is 0 Å². The molecule has 0 aliphatic carbocycles. The number of amides is 1. The van der Waals surface area contributed by atoms with Crippen molar-refractivity contribution in [3.05, 3.63) is 28.8 Å². The number of ether oxygens (including phenoxy) is 1. The Hall–Kier alpha value is -1.19. The van der Waals surface area contributed by atoms with Crippen LogP contribution >= 0.6 is 11.6 Å². The second-order valence-corrected chi connectivity index (χ2v) is 8.50. The second kappa shape index (κ2) is 9.66. The van der Waals surface area contributed by atoms with Gasteiger partial charge in [0, 0.05) is 45.9 Å². The first-order valence-corrected chi connectivity index (χ1v) is 10.5. The predicted molar refractivity (Wildman–Crippen MR) is 101 cm³/mol. The van der Waals surface area contributed by atoms with Crippen LogP contribution in [-0.4, -0.2) is 76.5 Å². The van der Waals surface area contributed by atoms with E-state index >= 15 is 0 Å². The van der Waals surface area contributed by atoms with Crippen molar-refractivity contribution in [2.75, 3.05) is 53.0 Å². The van der Waals surface area contributed by atoms with E-state index in [1.807, 2.05) is 14.0 Å². The van der Waals surface area contributed by atoms with Crippen molar-refractivity contribution < 1.29 is 17.9 Å². The standard InChI is InChI=1S/C17H26ClN3O4S/c1-3-25-12-4-7-19-17(22)15-13-14(5-6-16(15)18)26(23,24)21-10-8-20(2)9-11-21/h5-6,13H,3-4,7-12H2,1-2H3,(H,19,22). The first-order valence-electron chi connectivity index (χ1n) is 8.70. The van der Waals surface area contributed by atoms with E-state index in [0.29, 0.717) is 52.4 Å². The molecule has 1 N–H and O–H groups in total. The lowest BCUT2D eigenvalue weighted by molar-refractivity contribution is 0.0944. The summed E-state index contributed by atoms with van der Waals surface area (Å²) in [7, 11) is -1.68. The quantitative estimate of drug-likeness (QED) is 0.664. The average Bonchev–Trinajstić information content (AvgIpc) is 2.62. The first kappa shape index (κ1) is 21.1. The van der Waals surface area contributed by atoms with Crippen LogP contribution in [0.1, 0.15) is 23.7 Å². The van der Waals surface area contributed by atoms with Crippen molar-refractivity contribution >= 4 is 27.5 Å². The molecular formula is C17H26ClN3O4S. The van der Waals surface area contributed by atoms with Crippen molar-refractivity contribution in [3.8, 4) is 0 Å². The molecule has 1 aromatic rings. The highest BCUT2D eigenvalue weighted by Crippen LogP contribution is 2.23. The van der Waals surface area contributed by atoms with E-state index in [2.05, 4.69) is 10.2 Å². The second-order valence-electron chi connectivity index (χ2n) is 6.16. The lowest BCUT2D eigenvalue weighted by atomic mass is 10.2. The number of carbonyl (C=O) groups is 1. The number of rotatable bonds is 8. The molecule has 0 atom stereocenters. The zero-order chi connectivity index (χ0) is 19.2. The molecule has 0 bridgehead atoms. The molecule has 146 valence electrons. The third-order valence-electron chi connectivity index (χ3n) is 4.24. The van der Waals surface area contributed by atoms with E-state index in [4.69, 9.17) is 16.3 Å². The topological polar surface area (TPSA) is 78.9 Å². The number of likely N-dealkylation sites (N-methyl/N-ethyl adjacent to an activating group) is 1. The van der Waals surface area contributed by atoms with Gasteiger partial charge >= 0.3 is 0 Å². The Kier molecular flexibility index (Phi) is 7.85. The normalized spacial score (nSPS) is 16.6. The molecule has 1 saturated heterocycles. The smallest absolute Gasteiger partial charge is 0.252 e. The average molecular weight is 404 g/mol. The molecule has 0 spiro atoms. The Morgan fingerprint density at radius 2 is 1.96 bits per heavy atom. The number of carbonyl (C=O) groups excluding carboxylic acids is 1. The molecule has 1 heterocycles. The van der Waals surface area contributed by atoms with Gasteiger partial charge in [-0.1, -0.05) is 11.6 Å². The summed E-state index contributed by atoms with van der Waals surface area (Å²) in [4.78, 5) is 14.5. The number of nitrogens with zero attached hydrogens (tertiary/aromatic N) is 2. The Morgan fingerprint density at radius 1 is 1.27 bits per heavy atom. The van der Waals surface area contributed by atoms with Gasteiger partial charge in [-0.05, 0) is 38.6 Å². The van der Waals surface area contributed by atoms with Crippen LogP contribution in [0.15, 0.2) is 23.1 Å². The summed E-state index contributed by atoms with van der Waals surface area (Å²) < 4.78 is 32.3. The van der Waals surface area contributed by atoms with Crippen molar-refractivity contribution in [1.29, 1.82) is 0 Å². The molecule has 26 heavy (non-hydrogen) atoms. The van der Waals surface area contributed by atoms with Gasteiger partial charge in [0.15, 0.2) is 0 Å². The fraction of sp³-hybridized carbons (Fsp3) is 0.588. The van der Waals surface area contributed by atoms with Crippen LogP contribution in [0.2, 0.25) is 5.02 Å². The van der Waals surface area contributed by atoms with Gasteiger partial charge in [-0.15, -0.1) is 0 Å². The fourth-order valence-corrected chi connectivity index (χ4v) is 4.28. The maximum atomic E-state index is 12.8. The van der Waals surface area contributed by atoms with E-state index in [1.54, 1.807) is 0 Å². The van der Waals surface area contributed by atoms with Gasteiger partial charge in [0.1, 0.15) is 0 Å². The Labute approximate surface area is 160 Å². The van der Waals surface area contributed by atoms with E-state index < -0.39 is 10.0 Å². The minimum absolute atomic E-state index is 0.0888. The maximum Gasteiger partial charge on any atom is 0.252 e. The van der Waals surface area contributed by atoms with Crippen LogP contribution in [0, 0.1) is 0 Å². The van der Waals surface area contributed by atoms with Crippen molar-refractivity contribution in [1.82, 2.24) is 14.5 Å². The highest BCUT2D eigenvalue weighted by atomic mass is 35.5. The monoisotopic (exact) mass is 403 g/mol. The minimum Gasteiger partial charge on any atom is -0.382 e. The number of halogens is 1. The van der Waals surface area contributed by atoms with Crippen LogP contribution in [0.5, 0.6) is 0 Å². The fourth-order valence-electron chi connectivity index (χ4n) is 2.63. The molecule has 1 aliphatic heterocycles. The van der Waals surface area contributed by atoms with Gasteiger partial charge in [0.05, 0.1) is 15.5 Å². The van der Waals surface area contributed by atoms with Gasteiger partial charge in [-0.2, -0.15) is 4.31 Å². The van der Waals surface area contributed by atoms with Crippen LogP contribution < -0.4 is 5.32 Å². The third-order valence-corrected chi connectivity index (χ3v) is 6.46. The van der Waals surface area contributed by atoms with Gasteiger partial charge in [0.25, 0.3) is 5.91 Å².